The van der Waals surface area contributed by atoms with Crippen molar-refractivity contribution in [1.82, 2.24) is 0 Å². The minimum atomic E-state index is -4.64. The molecule has 0 aromatic heterocycles. The molecule has 0 amide bonds. The molecule has 1 aliphatic heterocycles. The number of hydrogen-bond donors (Lipinski definition) is 3. The fraction of sp³-hybridized carbons (Fsp3) is 1.00. The van der Waals surface area contributed by atoms with Crippen molar-refractivity contribution < 1.29 is 29.0 Å². The number of rotatable bonds is 0. The Morgan fingerprint density at radius 3 is 1.68 bits per heavy atom. The molecule has 1 fully saturated rings. The first-order valence-electron chi connectivity index (χ1n) is 8.42. The zero-order valence-electron chi connectivity index (χ0n) is 13.8. The van der Waals surface area contributed by atoms with Crippen molar-refractivity contribution in [3.63, 3.8) is 0 Å². The quantitative estimate of drug-likeness (QED) is 0.456. The molecule has 22 heavy (non-hydrogen) atoms. The maximum Gasteiger partial charge on any atom is 0.466 e. The van der Waals surface area contributed by atoms with Crippen molar-refractivity contribution in [2.45, 2.75) is 77.6 Å². The summed E-state index contributed by atoms with van der Waals surface area (Å²) >= 11 is 0. The summed E-state index contributed by atoms with van der Waals surface area (Å²) in [5.74, 6) is 0.642. The Bertz CT molecular complexity index is 257. The third-order valence-electron chi connectivity index (χ3n) is 3.61. The highest BCUT2D eigenvalue weighted by Gasteiger charge is 2.03. The SMILES string of the molecule is CC1CCCCCCCCCCCCOOC1.O=P(O)(O)O. The van der Waals surface area contributed by atoms with E-state index in [0.29, 0.717) is 5.92 Å². The first kappa shape index (κ1) is 22.0. The van der Waals surface area contributed by atoms with Gasteiger partial charge in [-0.2, -0.15) is 0 Å². The summed E-state index contributed by atoms with van der Waals surface area (Å²) in [7, 11) is -4.64. The Hall–Kier alpha value is 0.0300. The highest BCUT2D eigenvalue weighted by molar-refractivity contribution is 7.45. The lowest BCUT2D eigenvalue weighted by atomic mass is 10.0. The predicted octanol–water partition coefficient (Wildman–Crippen LogP) is 3.95. The molecule has 0 saturated carbocycles. The molecule has 3 N–H and O–H groups in total. The maximum atomic E-state index is 8.88. The van der Waals surface area contributed by atoms with Gasteiger partial charge in [-0.05, 0) is 18.8 Å². The fourth-order valence-electron chi connectivity index (χ4n) is 2.37. The molecule has 0 aromatic rings. The Labute approximate surface area is 134 Å². The van der Waals surface area contributed by atoms with Gasteiger partial charge in [0.15, 0.2) is 0 Å². The van der Waals surface area contributed by atoms with Gasteiger partial charge in [0, 0.05) is 0 Å². The van der Waals surface area contributed by atoms with E-state index in [2.05, 4.69) is 6.92 Å². The van der Waals surface area contributed by atoms with Gasteiger partial charge < -0.3 is 14.7 Å². The second-order valence-corrected chi connectivity index (χ2v) is 7.08. The fourth-order valence-corrected chi connectivity index (χ4v) is 2.37. The van der Waals surface area contributed by atoms with Crippen molar-refractivity contribution in [2.24, 2.45) is 5.92 Å². The van der Waals surface area contributed by atoms with Crippen LogP contribution in [0.4, 0.5) is 0 Å². The van der Waals surface area contributed by atoms with E-state index >= 15 is 0 Å². The van der Waals surface area contributed by atoms with Crippen LogP contribution in [0.15, 0.2) is 0 Å². The molecule has 0 radical (unpaired) electrons. The summed E-state index contributed by atoms with van der Waals surface area (Å²) in [6, 6.07) is 0. The van der Waals surface area contributed by atoms with Gasteiger partial charge in [-0.25, -0.2) is 14.3 Å². The molecule has 134 valence electrons. The lowest BCUT2D eigenvalue weighted by molar-refractivity contribution is -0.301. The normalized spacial score (nSPS) is 24.1. The first-order valence-corrected chi connectivity index (χ1v) is 9.99. The molecule has 6 nitrogen and oxygen atoms in total. The lowest BCUT2D eigenvalue weighted by Gasteiger charge is -2.11. The summed E-state index contributed by atoms with van der Waals surface area (Å²) in [6.45, 7) is 3.79. The van der Waals surface area contributed by atoms with Gasteiger partial charge in [0.05, 0.1) is 13.2 Å². The molecule has 0 bridgehead atoms. The second-order valence-electron chi connectivity index (χ2n) is 6.05. The summed E-state index contributed by atoms with van der Waals surface area (Å²) in [4.78, 5) is 32.0. The molecule has 1 unspecified atom stereocenters. The van der Waals surface area contributed by atoms with E-state index < -0.39 is 7.82 Å². The summed E-state index contributed by atoms with van der Waals surface area (Å²) in [6.07, 6.45) is 14.9. The lowest BCUT2D eigenvalue weighted by Crippen LogP contribution is -2.07. The van der Waals surface area contributed by atoms with Gasteiger partial charge in [0.25, 0.3) is 0 Å². The Kier molecular flexibility index (Phi) is 14.6. The van der Waals surface area contributed by atoms with Gasteiger partial charge in [-0.3, -0.25) is 0 Å². The Morgan fingerprint density at radius 1 is 0.773 bits per heavy atom. The van der Waals surface area contributed by atoms with Gasteiger partial charge in [-0.15, -0.1) is 0 Å². The van der Waals surface area contributed by atoms with Gasteiger partial charge in [0.2, 0.25) is 0 Å². The van der Waals surface area contributed by atoms with Crippen LogP contribution in [0.1, 0.15) is 77.6 Å². The van der Waals surface area contributed by atoms with Crippen LogP contribution in [0.3, 0.4) is 0 Å². The van der Waals surface area contributed by atoms with Crippen LogP contribution in [0.2, 0.25) is 0 Å². The van der Waals surface area contributed by atoms with Crippen LogP contribution < -0.4 is 0 Å². The minimum Gasteiger partial charge on any atom is -0.303 e. The van der Waals surface area contributed by atoms with E-state index in [1.54, 1.807) is 0 Å². The molecule has 7 heteroatoms. The molecule has 1 atom stereocenters. The monoisotopic (exact) mass is 340 g/mol. The van der Waals surface area contributed by atoms with Gasteiger partial charge >= 0.3 is 7.82 Å². The standard InChI is InChI=1S/C15H30O2.H3O4P/c1-15-12-10-8-6-4-2-3-5-7-9-11-13-16-17-14-15;1-5(2,3)4/h15H,2-14H2,1H3;(H3,1,2,3,4). The highest BCUT2D eigenvalue weighted by atomic mass is 31.2. The molecular weight excluding hydrogens is 307 g/mol. The van der Waals surface area contributed by atoms with Crippen molar-refractivity contribution in [3.8, 4) is 0 Å². The highest BCUT2D eigenvalue weighted by Crippen LogP contribution is 2.25. The zero-order valence-corrected chi connectivity index (χ0v) is 14.7. The molecule has 0 aromatic carbocycles. The largest absolute Gasteiger partial charge is 0.466 e. The molecule has 1 heterocycles. The van der Waals surface area contributed by atoms with Crippen molar-refractivity contribution in [1.29, 1.82) is 0 Å². The van der Waals surface area contributed by atoms with Crippen LogP contribution >= 0.6 is 7.82 Å². The van der Waals surface area contributed by atoms with Crippen molar-refractivity contribution in [3.05, 3.63) is 0 Å². The Balaban J connectivity index is 0.000000763. The molecule has 1 saturated heterocycles. The minimum absolute atomic E-state index is 0.642. The van der Waals surface area contributed by atoms with Gasteiger partial charge in [-0.1, -0.05) is 64.7 Å². The zero-order chi connectivity index (χ0) is 16.7. The molecule has 1 aliphatic rings. The van der Waals surface area contributed by atoms with Crippen LogP contribution in [0.25, 0.3) is 0 Å². The van der Waals surface area contributed by atoms with E-state index in [1.165, 1.54) is 64.2 Å². The van der Waals surface area contributed by atoms with E-state index in [-0.39, 0.29) is 0 Å². The smallest absolute Gasteiger partial charge is 0.303 e. The average Bonchev–Trinajstić information content (AvgIpc) is 2.40. The van der Waals surface area contributed by atoms with Gasteiger partial charge in [0.1, 0.15) is 0 Å². The predicted molar refractivity (Wildman–Crippen MR) is 86.1 cm³/mol. The topological polar surface area (TPSA) is 96.2 Å². The molecule has 0 aliphatic carbocycles. The van der Waals surface area contributed by atoms with Crippen molar-refractivity contribution >= 4 is 7.82 Å². The average molecular weight is 340 g/mol. The summed E-state index contributed by atoms with van der Waals surface area (Å²) < 4.78 is 8.88. The third kappa shape index (κ3) is 22.3. The van der Waals surface area contributed by atoms with Crippen LogP contribution in [0.5, 0.6) is 0 Å². The van der Waals surface area contributed by atoms with E-state index in [1.807, 2.05) is 0 Å². The maximum absolute atomic E-state index is 8.88. The molecule has 1 rings (SSSR count). The number of phosphoric acid groups is 1. The first-order chi connectivity index (χ1) is 10.4. The van der Waals surface area contributed by atoms with Crippen LogP contribution in [0, 0.1) is 5.92 Å². The van der Waals surface area contributed by atoms with E-state index in [9.17, 15) is 0 Å². The van der Waals surface area contributed by atoms with Crippen LogP contribution in [-0.4, -0.2) is 27.9 Å². The Morgan fingerprint density at radius 2 is 1.18 bits per heavy atom. The van der Waals surface area contributed by atoms with E-state index in [0.717, 1.165) is 19.6 Å². The van der Waals surface area contributed by atoms with Crippen LogP contribution in [-0.2, 0) is 14.3 Å². The van der Waals surface area contributed by atoms with E-state index in [4.69, 9.17) is 29.0 Å². The second kappa shape index (κ2) is 14.6. The summed E-state index contributed by atoms with van der Waals surface area (Å²) in [5.41, 5.74) is 0. The third-order valence-corrected chi connectivity index (χ3v) is 3.61. The molecular formula is C15H33O6P. The number of hydrogen-bond acceptors (Lipinski definition) is 3. The van der Waals surface area contributed by atoms with Crippen molar-refractivity contribution in [2.75, 3.05) is 13.2 Å². The molecule has 0 spiro atoms. The summed E-state index contributed by atoms with van der Waals surface area (Å²) in [5, 5.41) is 0.